The van der Waals surface area contributed by atoms with Crippen LogP contribution in [-0.4, -0.2) is 28.4 Å². The fourth-order valence-electron chi connectivity index (χ4n) is 3.61. The minimum atomic E-state index is 0.126. The number of likely N-dealkylation sites (tertiary alicyclic amines) is 1. The fraction of sp³-hybridized carbons (Fsp3) is 0.889. The maximum absolute atomic E-state index is 11.3. The molecule has 0 radical (unpaired) electrons. The highest BCUT2D eigenvalue weighted by molar-refractivity contribution is 5.75. The standard InChI is InChI=1S/C9H14N2O/c1-5(12)11-6-2-7-8(11)4-9(7,10)3-6/h6-8H,2-4,10H2,1H3. The molecule has 2 N–H and O–H groups in total. The molecule has 3 heteroatoms. The van der Waals surface area contributed by atoms with Gasteiger partial charge in [0.05, 0.1) is 0 Å². The Morgan fingerprint density at radius 3 is 2.75 bits per heavy atom. The lowest BCUT2D eigenvalue weighted by Gasteiger charge is -2.55. The van der Waals surface area contributed by atoms with Crippen LogP contribution in [0.15, 0.2) is 0 Å². The van der Waals surface area contributed by atoms with E-state index >= 15 is 0 Å². The van der Waals surface area contributed by atoms with Crippen LogP contribution in [0, 0.1) is 5.92 Å². The molecular formula is C9H14N2O. The zero-order valence-electron chi connectivity index (χ0n) is 7.29. The second-order valence-electron chi connectivity index (χ2n) is 4.63. The average Bonchev–Trinajstić information content (AvgIpc) is 2.37. The molecule has 3 aliphatic rings. The van der Waals surface area contributed by atoms with Crippen LogP contribution in [0.3, 0.4) is 0 Å². The summed E-state index contributed by atoms with van der Waals surface area (Å²) in [7, 11) is 0. The van der Waals surface area contributed by atoms with Crippen molar-refractivity contribution >= 4 is 5.91 Å². The maximum atomic E-state index is 11.3. The van der Waals surface area contributed by atoms with E-state index in [2.05, 4.69) is 4.90 Å². The largest absolute Gasteiger partial charge is 0.336 e. The van der Waals surface area contributed by atoms with Crippen LogP contribution in [0.4, 0.5) is 0 Å². The Hall–Kier alpha value is -0.570. The van der Waals surface area contributed by atoms with Crippen molar-refractivity contribution in [3.63, 3.8) is 0 Å². The van der Waals surface area contributed by atoms with Crippen molar-refractivity contribution in [2.45, 2.75) is 43.8 Å². The van der Waals surface area contributed by atoms with E-state index in [1.807, 2.05) is 0 Å². The molecule has 0 spiro atoms. The Labute approximate surface area is 71.9 Å². The molecular weight excluding hydrogens is 152 g/mol. The van der Waals surface area contributed by atoms with Gasteiger partial charge in [0.1, 0.15) is 0 Å². The molecule has 0 aromatic heterocycles. The number of hydrogen-bond donors (Lipinski definition) is 1. The van der Waals surface area contributed by atoms with Gasteiger partial charge < -0.3 is 10.6 Å². The molecule has 3 fully saturated rings. The zero-order valence-corrected chi connectivity index (χ0v) is 7.29. The van der Waals surface area contributed by atoms with E-state index in [0.29, 0.717) is 18.0 Å². The molecule has 1 amide bonds. The molecule has 0 aromatic rings. The van der Waals surface area contributed by atoms with Crippen LogP contribution >= 0.6 is 0 Å². The number of hydrogen-bond acceptors (Lipinski definition) is 2. The highest BCUT2D eigenvalue weighted by atomic mass is 16.2. The van der Waals surface area contributed by atoms with Gasteiger partial charge in [0.25, 0.3) is 0 Å². The third kappa shape index (κ3) is 0.534. The number of nitrogens with zero attached hydrogens (tertiary/aromatic N) is 1. The third-order valence-electron chi connectivity index (χ3n) is 4.05. The SMILES string of the molecule is CC(=O)N1C2CC3C1CC3(N)C2. The van der Waals surface area contributed by atoms with Gasteiger partial charge in [0.2, 0.25) is 5.91 Å². The Morgan fingerprint density at radius 2 is 2.33 bits per heavy atom. The first kappa shape index (κ1) is 6.89. The molecule has 2 bridgehead atoms. The summed E-state index contributed by atoms with van der Waals surface area (Å²) in [5.41, 5.74) is 6.28. The number of carbonyl (C=O) groups is 1. The first-order valence-electron chi connectivity index (χ1n) is 4.69. The van der Waals surface area contributed by atoms with Crippen molar-refractivity contribution in [2.24, 2.45) is 11.7 Å². The smallest absolute Gasteiger partial charge is 0.219 e. The number of amides is 1. The van der Waals surface area contributed by atoms with Gasteiger partial charge >= 0.3 is 0 Å². The average molecular weight is 166 g/mol. The van der Waals surface area contributed by atoms with Crippen molar-refractivity contribution in [1.29, 1.82) is 0 Å². The number of fused-ring (bicyclic) bond motifs is 1. The quantitative estimate of drug-likeness (QED) is 0.554. The van der Waals surface area contributed by atoms with Crippen LogP contribution in [0.25, 0.3) is 0 Å². The first-order valence-corrected chi connectivity index (χ1v) is 4.69. The van der Waals surface area contributed by atoms with Crippen molar-refractivity contribution in [3.05, 3.63) is 0 Å². The summed E-state index contributed by atoms with van der Waals surface area (Å²) in [5, 5.41) is 0. The zero-order chi connectivity index (χ0) is 8.51. The normalized spacial score (nSPS) is 54.2. The maximum Gasteiger partial charge on any atom is 0.219 e. The van der Waals surface area contributed by atoms with Crippen LogP contribution < -0.4 is 5.73 Å². The Balaban J connectivity index is 1.93. The van der Waals surface area contributed by atoms with E-state index in [1.54, 1.807) is 6.92 Å². The predicted molar refractivity (Wildman–Crippen MR) is 44.4 cm³/mol. The van der Waals surface area contributed by atoms with Gasteiger partial charge in [-0.2, -0.15) is 0 Å². The number of piperidine rings is 2. The summed E-state index contributed by atoms with van der Waals surface area (Å²) in [6, 6.07) is 0.988. The van der Waals surface area contributed by atoms with E-state index < -0.39 is 0 Å². The van der Waals surface area contributed by atoms with Crippen molar-refractivity contribution in [1.82, 2.24) is 4.90 Å². The van der Waals surface area contributed by atoms with Gasteiger partial charge in [-0.3, -0.25) is 4.79 Å². The van der Waals surface area contributed by atoms with E-state index in [0.717, 1.165) is 12.8 Å². The van der Waals surface area contributed by atoms with E-state index in [4.69, 9.17) is 5.73 Å². The Morgan fingerprint density at radius 1 is 1.58 bits per heavy atom. The monoisotopic (exact) mass is 166 g/mol. The molecule has 2 aliphatic carbocycles. The molecule has 1 heterocycles. The summed E-state index contributed by atoms with van der Waals surface area (Å²) in [5.74, 6) is 0.876. The molecule has 1 aliphatic heterocycles. The lowest BCUT2D eigenvalue weighted by Crippen LogP contribution is -2.68. The van der Waals surface area contributed by atoms with Gasteiger partial charge in [-0.25, -0.2) is 0 Å². The number of nitrogens with two attached hydrogens (primary N) is 1. The molecule has 0 aromatic carbocycles. The van der Waals surface area contributed by atoms with Crippen LogP contribution in [0.2, 0.25) is 0 Å². The molecule has 1 saturated heterocycles. The minimum Gasteiger partial charge on any atom is -0.336 e. The molecule has 3 nitrogen and oxygen atoms in total. The lowest BCUT2D eigenvalue weighted by atomic mass is 9.64. The van der Waals surface area contributed by atoms with Crippen LogP contribution in [0.5, 0.6) is 0 Å². The van der Waals surface area contributed by atoms with Gasteiger partial charge in [-0.1, -0.05) is 0 Å². The minimum absolute atomic E-state index is 0.126. The molecule has 3 rings (SSSR count). The summed E-state index contributed by atoms with van der Waals surface area (Å²) < 4.78 is 0. The Kier molecular flexibility index (Phi) is 0.971. The molecule has 2 saturated carbocycles. The Bertz CT molecular complexity index is 261. The van der Waals surface area contributed by atoms with Crippen LogP contribution in [0.1, 0.15) is 26.2 Å². The second-order valence-corrected chi connectivity index (χ2v) is 4.63. The third-order valence-corrected chi connectivity index (χ3v) is 4.05. The highest BCUT2D eigenvalue weighted by Crippen LogP contribution is 2.59. The van der Waals surface area contributed by atoms with E-state index in [-0.39, 0.29) is 11.4 Å². The predicted octanol–water partition coefficient (Wildman–Crippen LogP) is 0.0969. The van der Waals surface area contributed by atoms with E-state index in [1.165, 1.54) is 6.42 Å². The molecule has 66 valence electrons. The topological polar surface area (TPSA) is 46.3 Å². The number of rotatable bonds is 0. The molecule has 4 unspecified atom stereocenters. The second kappa shape index (κ2) is 1.69. The van der Waals surface area contributed by atoms with Crippen molar-refractivity contribution in [2.75, 3.05) is 0 Å². The van der Waals surface area contributed by atoms with Gasteiger partial charge in [0.15, 0.2) is 0 Å². The highest BCUT2D eigenvalue weighted by Gasteiger charge is 2.66. The first-order chi connectivity index (χ1) is 5.62. The lowest BCUT2D eigenvalue weighted by molar-refractivity contribution is -0.140. The molecule has 12 heavy (non-hydrogen) atoms. The number of carbonyl (C=O) groups excluding carboxylic acids is 1. The van der Waals surface area contributed by atoms with Crippen LogP contribution in [-0.2, 0) is 4.79 Å². The van der Waals surface area contributed by atoms with Gasteiger partial charge in [-0.05, 0) is 25.2 Å². The van der Waals surface area contributed by atoms with Crippen molar-refractivity contribution in [3.8, 4) is 0 Å². The van der Waals surface area contributed by atoms with Crippen molar-refractivity contribution < 1.29 is 4.79 Å². The summed E-state index contributed by atoms with van der Waals surface area (Å²) in [4.78, 5) is 13.3. The molecule has 4 atom stereocenters. The fourth-order valence-corrected chi connectivity index (χ4v) is 3.61. The van der Waals surface area contributed by atoms with Gasteiger partial charge in [0, 0.05) is 24.5 Å². The summed E-state index contributed by atoms with van der Waals surface area (Å²) in [6.07, 6.45) is 3.27. The van der Waals surface area contributed by atoms with Gasteiger partial charge in [-0.15, -0.1) is 0 Å². The summed E-state index contributed by atoms with van der Waals surface area (Å²) in [6.45, 7) is 1.68. The summed E-state index contributed by atoms with van der Waals surface area (Å²) >= 11 is 0. The van der Waals surface area contributed by atoms with E-state index in [9.17, 15) is 4.79 Å².